The van der Waals surface area contributed by atoms with E-state index in [2.05, 4.69) is 5.32 Å². The van der Waals surface area contributed by atoms with Crippen molar-refractivity contribution in [2.75, 3.05) is 38.2 Å². The Bertz CT molecular complexity index is 319. The molecule has 1 aliphatic rings. The lowest BCUT2D eigenvalue weighted by molar-refractivity contribution is -0.131. The molecule has 1 heterocycles. The van der Waals surface area contributed by atoms with Crippen molar-refractivity contribution in [1.29, 1.82) is 0 Å². The van der Waals surface area contributed by atoms with Gasteiger partial charge in [-0.25, -0.2) is 8.42 Å². The first-order chi connectivity index (χ1) is 7.49. The van der Waals surface area contributed by atoms with Gasteiger partial charge >= 0.3 is 0 Å². The van der Waals surface area contributed by atoms with Gasteiger partial charge in [0.05, 0.1) is 5.75 Å². The summed E-state index contributed by atoms with van der Waals surface area (Å²) in [5.74, 6) is 0.178. The van der Waals surface area contributed by atoms with Crippen LogP contribution in [-0.4, -0.2) is 57.4 Å². The van der Waals surface area contributed by atoms with E-state index in [-0.39, 0.29) is 11.7 Å². The molecule has 1 rings (SSSR count). The topological polar surface area (TPSA) is 66.5 Å². The van der Waals surface area contributed by atoms with Crippen LogP contribution in [0.1, 0.15) is 19.3 Å². The number of rotatable bonds is 4. The van der Waals surface area contributed by atoms with Gasteiger partial charge < -0.3 is 10.2 Å². The van der Waals surface area contributed by atoms with Gasteiger partial charge in [-0.1, -0.05) is 0 Å². The van der Waals surface area contributed by atoms with Crippen LogP contribution in [0.2, 0.25) is 0 Å². The number of sulfone groups is 1. The molecular weight excluding hydrogens is 228 g/mol. The van der Waals surface area contributed by atoms with Gasteiger partial charge in [0.15, 0.2) is 0 Å². The number of nitrogens with zero attached hydrogens (tertiary/aromatic N) is 1. The smallest absolute Gasteiger partial charge is 0.222 e. The zero-order valence-corrected chi connectivity index (χ0v) is 10.6. The van der Waals surface area contributed by atoms with E-state index >= 15 is 0 Å². The molecule has 1 N–H and O–H groups in total. The van der Waals surface area contributed by atoms with Gasteiger partial charge in [-0.2, -0.15) is 0 Å². The van der Waals surface area contributed by atoms with Crippen LogP contribution >= 0.6 is 0 Å². The molecule has 0 bridgehead atoms. The number of hydrogen-bond donors (Lipinski definition) is 1. The molecule has 1 fully saturated rings. The predicted octanol–water partition coefficient (Wildman–Crippen LogP) is -0.367. The third-order valence-electron chi connectivity index (χ3n) is 2.60. The summed E-state index contributed by atoms with van der Waals surface area (Å²) in [6.45, 7) is 3.30. The van der Waals surface area contributed by atoms with Crippen molar-refractivity contribution in [3.05, 3.63) is 0 Å². The van der Waals surface area contributed by atoms with E-state index in [0.29, 0.717) is 12.8 Å². The van der Waals surface area contributed by atoms with Crippen LogP contribution in [0.3, 0.4) is 0 Å². The zero-order chi connectivity index (χ0) is 12.0. The van der Waals surface area contributed by atoms with Crippen molar-refractivity contribution >= 4 is 15.7 Å². The molecule has 0 aliphatic carbocycles. The third kappa shape index (κ3) is 5.46. The molecular formula is C10H20N2O3S. The molecule has 0 radical (unpaired) electrons. The van der Waals surface area contributed by atoms with Crippen molar-refractivity contribution < 1.29 is 13.2 Å². The van der Waals surface area contributed by atoms with Crippen molar-refractivity contribution in [3.8, 4) is 0 Å². The Morgan fingerprint density at radius 1 is 1.31 bits per heavy atom. The zero-order valence-electron chi connectivity index (χ0n) is 9.74. The normalized spacial score (nSPS) is 18.2. The van der Waals surface area contributed by atoms with E-state index in [4.69, 9.17) is 0 Å². The standard InChI is InChI=1S/C10H20N2O3S/c1-16(14,15)9-2-4-10(13)12-7-3-5-11-6-8-12/h11H,2-9H2,1H3. The Morgan fingerprint density at radius 2 is 2.06 bits per heavy atom. The average Bonchev–Trinajstić information content (AvgIpc) is 2.43. The van der Waals surface area contributed by atoms with Crippen LogP contribution in [-0.2, 0) is 14.6 Å². The third-order valence-corrected chi connectivity index (χ3v) is 3.63. The highest BCUT2D eigenvalue weighted by Gasteiger charge is 2.15. The highest BCUT2D eigenvalue weighted by molar-refractivity contribution is 7.90. The minimum atomic E-state index is -2.94. The van der Waals surface area contributed by atoms with Gasteiger partial charge in [-0.3, -0.25) is 4.79 Å². The van der Waals surface area contributed by atoms with Crippen LogP contribution in [0.4, 0.5) is 0 Å². The quantitative estimate of drug-likeness (QED) is 0.737. The molecule has 0 aromatic heterocycles. The van der Waals surface area contributed by atoms with E-state index in [1.165, 1.54) is 6.26 Å². The molecule has 6 heteroatoms. The van der Waals surface area contributed by atoms with Crippen molar-refractivity contribution in [1.82, 2.24) is 10.2 Å². The Kier molecular flexibility index (Phi) is 5.21. The highest BCUT2D eigenvalue weighted by atomic mass is 32.2. The van der Waals surface area contributed by atoms with Gasteiger partial charge in [0.25, 0.3) is 0 Å². The maximum Gasteiger partial charge on any atom is 0.222 e. The summed E-state index contributed by atoms with van der Waals surface area (Å²) in [7, 11) is -2.94. The van der Waals surface area contributed by atoms with Gasteiger partial charge in [-0.15, -0.1) is 0 Å². The minimum Gasteiger partial charge on any atom is -0.341 e. The maximum absolute atomic E-state index is 11.7. The number of carbonyl (C=O) groups is 1. The van der Waals surface area contributed by atoms with Crippen molar-refractivity contribution in [2.24, 2.45) is 0 Å². The molecule has 0 unspecified atom stereocenters. The summed E-state index contributed by atoms with van der Waals surface area (Å²) in [5.41, 5.74) is 0. The van der Waals surface area contributed by atoms with E-state index in [9.17, 15) is 13.2 Å². The summed E-state index contributed by atoms with van der Waals surface area (Å²) in [6.07, 6.45) is 2.94. The first kappa shape index (κ1) is 13.4. The highest BCUT2D eigenvalue weighted by Crippen LogP contribution is 2.02. The largest absolute Gasteiger partial charge is 0.341 e. The minimum absolute atomic E-state index is 0.0763. The van der Waals surface area contributed by atoms with Crippen LogP contribution in [0, 0.1) is 0 Å². The fraction of sp³-hybridized carbons (Fsp3) is 0.900. The van der Waals surface area contributed by atoms with Gasteiger partial charge in [0, 0.05) is 32.3 Å². The average molecular weight is 248 g/mol. The van der Waals surface area contributed by atoms with Crippen molar-refractivity contribution in [2.45, 2.75) is 19.3 Å². The molecule has 0 saturated carbocycles. The number of nitrogens with one attached hydrogen (secondary N) is 1. The Balaban J connectivity index is 2.28. The number of amides is 1. The second-order valence-electron chi connectivity index (χ2n) is 4.22. The lowest BCUT2D eigenvalue weighted by atomic mass is 10.3. The van der Waals surface area contributed by atoms with Crippen LogP contribution in [0.5, 0.6) is 0 Å². The summed E-state index contributed by atoms with van der Waals surface area (Å²) in [6, 6.07) is 0. The van der Waals surface area contributed by atoms with Gasteiger partial charge in [0.1, 0.15) is 9.84 Å². The maximum atomic E-state index is 11.7. The molecule has 0 aromatic rings. The van der Waals surface area contributed by atoms with Gasteiger partial charge in [-0.05, 0) is 19.4 Å². The first-order valence-corrected chi connectivity index (χ1v) is 7.71. The monoisotopic (exact) mass is 248 g/mol. The molecule has 1 amide bonds. The molecule has 1 saturated heterocycles. The summed E-state index contributed by atoms with van der Waals surface area (Å²) < 4.78 is 21.8. The van der Waals surface area contributed by atoms with Crippen LogP contribution < -0.4 is 5.32 Å². The lowest BCUT2D eigenvalue weighted by Crippen LogP contribution is -2.34. The number of hydrogen-bond acceptors (Lipinski definition) is 4. The van der Waals surface area contributed by atoms with Crippen molar-refractivity contribution in [3.63, 3.8) is 0 Å². The molecule has 5 nitrogen and oxygen atoms in total. The Labute approximate surface area is 97.1 Å². The van der Waals surface area contributed by atoms with Crippen LogP contribution in [0.25, 0.3) is 0 Å². The molecule has 0 aromatic carbocycles. The second-order valence-corrected chi connectivity index (χ2v) is 6.48. The fourth-order valence-corrected chi connectivity index (χ4v) is 2.41. The van der Waals surface area contributed by atoms with E-state index in [1.807, 2.05) is 4.90 Å². The Hall–Kier alpha value is -0.620. The molecule has 0 atom stereocenters. The first-order valence-electron chi connectivity index (χ1n) is 5.65. The van der Waals surface area contributed by atoms with E-state index in [1.54, 1.807) is 0 Å². The molecule has 16 heavy (non-hydrogen) atoms. The SMILES string of the molecule is CS(=O)(=O)CCCC(=O)N1CCCNCC1. The van der Waals surface area contributed by atoms with Gasteiger partial charge in [0.2, 0.25) is 5.91 Å². The second kappa shape index (κ2) is 6.20. The molecule has 1 aliphatic heterocycles. The molecule has 0 spiro atoms. The summed E-state index contributed by atoms with van der Waals surface area (Å²) >= 11 is 0. The van der Waals surface area contributed by atoms with E-state index < -0.39 is 9.84 Å². The van der Waals surface area contributed by atoms with Crippen LogP contribution in [0.15, 0.2) is 0 Å². The van der Waals surface area contributed by atoms with E-state index in [0.717, 1.165) is 32.6 Å². The fourth-order valence-electron chi connectivity index (χ4n) is 1.74. The summed E-state index contributed by atoms with van der Waals surface area (Å²) in [4.78, 5) is 13.6. The Morgan fingerprint density at radius 3 is 2.75 bits per heavy atom. The molecule has 94 valence electrons. The predicted molar refractivity (Wildman–Crippen MR) is 63.0 cm³/mol. The summed E-state index contributed by atoms with van der Waals surface area (Å²) in [5, 5.41) is 3.22. The number of carbonyl (C=O) groups excluding carboxylic acids is 1. The lowest BCUT2D eigenvalue weighted by Gasteiger charge is -2.19.